The summed E-state index contributed by atoms with van der Waals surface area (Å²) < 4.78 is 5.97. The van der Waals surface area contributed by atoms with Gasteiger partial charge in [-0.25, -0.2) is 0 Å². The minimum Gasteiger partial charge on any atom is -0.369 e. The Morgan fingerprint density at radius 2 is 1.70 bits per heavy atom. The van der Waals surface area contributed by atoms with Crippen LogP contribution in [0.3, 0.4) is 0 Å². The number of rotatable bonds is 2. The molecular formula is C32H42N2O3. The zero-order chi connectivity index (χ0) is 27.2. The number of amides is 1. The molecule has 0 saturated heterocycles. The van der Waals surface area contributed by atoms with Crippen molar-refractivity contribution in [3.05, 3.63) is 46.6 Å². The van der Waals surface area contributed by atoms with Crippen LogP contribution in [0.4, 0.5) is 0 Å². The Bertz CT molecular complexity index is 1260. The Kier molecular flexibility index (Phi) is 5.51. The van der Waals surface area contributed by atoms with E-state index in [0.29, 0.717) is 11.5 Å². The van der Waals surface area contributed by atoms with Crippen molar-refractivity contribution in [2.45, 2.75) is 92.1 Å². The Balaban J connectivity index is 1.66. The number of ether oxygens (including phenoxy) is 1. The highest BCUT2D eigenvalue weighted by Gasteiger charge is 2.67. The van der Waals surface area contributed by atoms with Gasteiger partial charge in [0.05, 0.1) is 6.07 Å². The molecule has 0 spiro atoms. The van der Waals surface area contributed by atoms with Gasteiger partial charge in [0.1, 0.15) is 5.60 Å². The first-order chi connectivity index (χ1) is 17.2. The van der Waals surface area contributed by atoms with Crippen LogP contribution < -0.4 is 5.73 Å². The molecule has 5 nitrogen and oxygen atoms in total. The molecule has 7 atom stereocenters. The van der Waals surface area contributed by atoms with Crippen LogP contribution in [-0.2, 0) is 14.3 Å². The maximum atomic E-state index is 13.4. The normalized spacial score (nSPS) is 47.8. The molecule has 0 aromatic carbocycles. The van der Waals surface area contributed by atoms with Crippen molar-refractivity contribution >= 4 is 11.7 Å². The largest absolute Gasteiger partial charge is 0.369 e. The summed E-state index contributed by atoms with van der Waals surface area (Å²) in [5.74, 6) is 0.0958. The van der Waals surface area contributed by atoms with Gasteiger partial charge < -0.3 is 10.5 Å². The van der Waals surface area contributed by atoms with E-state index >= 15 is 0 Å². The van der Waals surface area contributed by atoms with Crippen LogP contribution in [0, 0.1) is 44.3 Å². The molecule has 5 aliphatic rings. The van der Waals surface area contributed by atoms with E-state index in [0.717, 1.165) is 56.1 Å². The second-order valence-corrected chi connectivity index (χ2v) is 13.9. The van der Waals surface area contributed by atoms with Crippen molar-refractivity contribution in [2.24, 2.45) is 38.7 Å². The number of carbonyl (C=O) groups excluding carboxylic acids is 2. The predicted molar refractivity (Wildman–Crippen MR) is 144 cm³/mol. The number of ketones is 1. The molecule has 5 heteroatoms. The molecule has 0 heterocycles. The molecule has 198 valence electrons. The first kappa shape index (κ1) is 26.2. The fraction of sp³-hybridized carbons (Fsp3) is 0.656. The van der Waals surface area contributed by atoms with Gasteiger partial charge in [-0.1, -0.05) is 52.3 Å². The minimum absolute atomic E-state index is 0.0173. The third-order valence-electron chi connectivity index (χ3n) is 12.4. The topological polar surface area (TPSA) is 93.2 Å². The zero-order valence-electron chi connectivity index (χ0n) is 23.6. The number of nitrogens with zero attached hydrogens (tertiary/aromatic N) is 1. The molecule has 0 aliphatic heterocycles. The van der Waals surface area contributed by atoms with Crippen molar-refractivity contribution in [3.8, 4) is 6.07 Å². The average Bonchev–Trinajstić information content (AvgIpc) is 2.85. The van der Waals surface area contributed by atoms with Crippen molar-refractivity contribution in [2.75, 3.05) is 7.11 Å². The van der Waals surface area contributed by atoms with Gasteiger partial charge in [0.25, 0.3) is 0 Å². The number of nitrogens with two attached hydrogens (primary N) is 1. The number of allylic oxidation sites excluding steroid dienone is 5. The van der Waals surface area contributed by atoms with Crippen LogP contribution in [0.5, 0.6) is 0 Å². The Labute approximate surface area is 221 Å². The number of fused-ring (bicyclic) bond motifs is 7. The first-order valence-electron chi connectivity index (χ1n) is 13.8. The monoisotopic (exact) mass is 502 g/mol. The number of hydrogen-bond donors (Lipinski definition) is 1. The maximum absolute atomic E-state index is 13.4. The van der Waals surface area contributed by atoms with Crippen LogP contribution in [0.2, 0.25) is 0 Å². The van der Waals surface area contributed by atoms with E-state index in [9.17, 15) is 14.9 Å². The fourth-order valence-electron chi connectivity index (χ4n) is 9.34. The summed E-state index contributed by atoms with van der Waals surface area (Å²) in [6, 6.07) is 2.04. The lowest BCUT2D eigenvalue weighted by Gasteiger charge is -2.70. The lowest BCUT2D eigenvalue weighted by Crippen LogP contribution is -2.62. The number of carbonyl (C=O) groups is 2. The SMILES string of the molecule is CO[C@@]1(C)C2=CC=C3[C@@](C)(CC[C@@]4(C)[C@@H]5C[C@](C)(C(N)=O)CC[C@]5(C)CC[C@]34C)C2=CC(=O)/C1=C\C#N. The van der Waals surface area contributed by atoms with Crippen molar-refractivity contribution < 1.29 is 14.3 Å². The smallest absolute Gasteiger partial charge is 0.223 e. The zero-order valence-corrected chi connectivity index (χ0v) is 23.6. The van der Waals surface area contributed by atoms with Gasteiger partial charge in [-0.3, -0.25) is 9.59 Å². The van der Waals surface area contributed by atoms with Crippen LogP contribution in [-0.4, -0.2) is 24.4 Å². The van der Waals surface area contributed by atoms with Gasteiger partial charge in [0.15, 0.2) is 5.78 Å². The Morgan fingerprint density at radius 3 is 2.32 bits per heavy atom. The lowest BCUT2D eigenvalue weighted by atomic mass is 9.34. The summed E-state index contributed by atoms with van der Waals surface area (Å²) in [5, 5.41) is 9.36. The number of primary amides is 1. The lowest BCUT2D eigenvalue weighted by molar-refractivity contribution is -0.167. The molecule has 5 rings (SSSR count). The van der Waals surface area contributed by atoms with E-state index in [4.69, 9.17) is 10.5 Å². The molecule has 3 fully saturated rings. The van der Waals surface area contributed by atoms with E-state index in [1.165, 1.54) is 11.6 Å². The number of nitriles is 1. The molecule has 0 radical (unpaired) electrons. The molecule has 1 amide bonds. The summed E-state index contributed by atoms with van der Waals surface area (Å²) in [6.07, 6.45) is 14.5. The molecule has 3 saturated carbocycles. The van der Waals surface area contributed by atoms with Crippen LogP contribution in [0.25, 0.3) is 0 Å². The van der Waals surface area contributed by atoms with Crippen LogP contribution >= 0.6 is 0 Å². The summed E-state index contributed by atoms with van der Waals surface area (Å²) >= 11 is 0. The predicted octanol–water partition coefficient (Wildman–Crippen LogP) is 6.12. The fourth-order valence-corrected chi connectivity index (χ4v) is 9.34. The highest BCUT2D eigenvalue weighted by atomic mass is 16.5. The Hall–Kier alpha value is -2.45. The molecule has 0 aromatic rings. The van der Waals surface area contributed by atoms with E-state index < -0.39 is 11.0 Å². The highest BCUT2D eigenvalue weighted by Crippen LogP contribution is 2.75. The number of methoxy groups -OCH3 is 1. The van der Waals surface area contributed by atoms with Crippen molar-refractivity contribution in [1.82, 2.24) is 0 Å². The van der Waals surface area contributed by atoms with Gasteiger partial charge in [0.2, 0.25) is 5.91 Å². The summed E-state index contributed by atoms with van der Waals surface area (Å²) in [5.41, 5.74) is 8.22. The van der Waals surface area contributed by atoms with E-state index in [2.05, 4.69) is 46.8 Å². The average molecular weight is 503 g/mol. The minimum atomic E-state index is -0.957. The molecule has 37 heavy (non-hydrogen) atoms. The van der Waals surface area contributed by atoms with Gasteiger partial charge in [0, 0.05) is 29.6 Å². The third-order valence-corrected chi connectivity index (χ3v) is 12.4. The van der Waals surface area contributed by atoms with Gasteiger partial charge in [-0.05, 0) is 91.3 Å². The molecule has 2 N–H and O–H groups in total. The standard InChI is InChI=1S/C32H42N2O3/c1-27-11-12-28(2,26(34)36)19-25(27)31(5)16-14-29(3)22-18-23(35)21(10-17-33)32(6,37-7)20(22)8-9-24(29)30(31,4)15-13-27/h8-10,18,25H,11-16,19H2,1-7H3,(H2,34,36)/b21-10+/t25-,27-,28-,29+,30-,31+,32+/m1/s1. The maximum Gasteiger partial charge on any atom is 0.223 e. The quantitative estimate of drug-likeness (QED) is 0.363. The first-order valence-corrected chi connectivity index (χ1v) is 13.8. The van der Waals surface area contributed by atoms with Crippen molar-refractivity contribution in [3.63, 3.8) is 0 Å². The van der Waals surface area contributed by atoms with Crippen LogP contribution in [0.1, 0.15) is 86.5 Å². The van der Waals surface area contributed by atoms with Gasteiger partial charge in [-0.2, -0.15) is 5.26 Å². The number of hydrogen-bond acceptors (Lipinski definition) is 4. The van der Waals surface area contributed by atoms with Crippen LogP contribution in [0.15, 0.2) is 46.6 Å². The second kappa shape index (κ2) is 7.79. The van der Waals surface area contributed by atoms with E-state index in [1.54, 1.807) is 13.2 Å². The van der Waals surface area contributed by atoms with E-state index in [-0.39, 0.29) is 33.4 Å². The van der Waals surface area contributed by atoms with Gasteiger partial charge in [-0.15, -0.1) is 0 Å². The summed E-state index contributed by atoms with van der Waals surface area (Å²) in [7, 11) is 1.61. The molecule has 0 bridgehead atoms. The summed E-state index contributed by atoms with van der Waals surface area (Å²) in [4.78, 5) is 25.9. The molecule has 0 unspecified atom stereocenters. The molecule has 0 aromatic heterocycles. The molecular weight excluding hydrogens is 460 g/mol. The Morgan fingerprint density at radius 1 is 1.03 bits per heavy atom. The third kappa shape index (κ3) is 3.11. The van der Waals surface area contributed by atoms with Gasteiger partial charge >= 0.3 is 0 Å². The second-order valence-electron chi connectivity index (χ2n) is 13.9. The highest BCUT2D eigenvalue weighted by molar-refractivity contribution is 6.09. The molecule has 5 aliphatic carbocycles. The van der Waals surface area contributed by atoms with E-state index in [1.807, 2.05) is 13.0 Å². The summed E-state index contributed by atoms with van der Waals surface area (Å²) in [6.45, 7) is 13.6. The van der Waals surface area contributed by atoms with Crippen molar-refractivity contribution in [1.29, 1.82) is 5.26 Å².